The molecule has 2 N–H and O–H groups in total. The Hall–Kier alpha value is -3.48. The van der Waals surface area contributed by atoms with Crippen LogP contribution in [0.15, 0.2) is 60.8 Å². The molecule has 1 aromatic heterocycles. The highest BCUT2D eigenvalue weighted by Crippen LogP contribution is 2.20. The minimum absolute atomic E-state index is 0.192. The fraction of sp³-hybridized carbons (Fsp3) is 0.100. The second kappa shape index (κ2) is 8.27. The van der Waals surface area contributed by atoms with Crippen molar-refractivity contribution in [1.82, 2.24) is 10.3 Å². The first-order valence-corrected chi connectivity index (χ1v) is 8.15. The zero-order valence-electron chi connectivity index (χ0n) is 14.5. The summed E-state index contributed by atoms with van der Waals surface area (Å²) >= 11 is 0. The van der Waals surface area contributed by atoms with Crippen LogP contribution < -0.4 is 15.4 Å². The van der Waals surface area contributed by atoms with E-state index in [1.165, 1.54) is 18.3 Å². The number of halogens is 2. The highest BCUT2D eigenvalue weighted by atomic mass is 19.2. The molecule has 138 valence electrons. The lowest BCUT2D eigenvalue weighted by atomic mass is 10.2. The second-order valence-corrected chi connectivity index (χ2v) is 5.68. The summed E-state index contributed by atoms with van der Waals surface area (Å²) in [6, 6.07) is 14.0. The first kappa shape index (κ1) is 18.3. The summed E-state index contributed by atoms with van der Waals surface area (Å²) < 4.78 is 31.6. The maximum atomic E-state index is 13.3. The number of methoxy groups -OCH3 is 1. The normalized spacial score (nSPS) is 10.3. The van der Waals surface area contributed by atoms with Crippen molar-refractivity contribution in [1.29, 1.82) is 0 Å². The monoisotopic (exact) mass is 369 g/mol. The first-order valence-electron chi connectivity index (χ1n) is 8.15. The van der Waals surface area contributed by atoms with Crippen molar-refractivity contribution in [3.05, 3.63) is 83.7 Å². The fourth-order valence-corrected chi connectivity index (χ4v) is 2.49. The van der Waals surface area contributed by atoms with Crippen LogP contribution in [-0.2, 0) is 6.54 Å². The van der Waals surface area contributed by atoms with Gasteiger partial charge in [0.1, 0.15) is 11.4 Å². The quantitative estimate of drug-likeness (QED) is 0.688. The van der Waals surface area contributed by atoms with Gasteiger partial charge in [-0.3, -0.25) is 9.78 Å². The fourth-order valence-electron chi connectivity index (χ4n) is 2.49. The number of hydrogen-bond donors (Lipinski definition) is 2. The van der Waals surface area contributed by atoms with E-state index in [1.807, 2.05) is 24.3 Å². The summed E-state index contributed by atoms with van der Waals surface area (Å²) in [5, 5.41) is 5.69. The third kappa shape index (κ3) is 4.58. The molecule has 1 heterocycles. The molecule has 0 atom stereocenters. The number of carbonyl (C=O) groups excluding carboxylic acids is 1. The highest BCUT2D eigenvalue weighted by molar-refractivity contribution is 5.93. The Morgan fingerprint density at radius 3 is 2.59 bits per heavy atom. The molecule has 7 heteroatoms. The van der Waals surface area contributed by atoms with Crippen LogP contribution in [0.1, 0.15) is 16.1 Å². The molecule has 0 aliphatic rings. The van der Waals surface area contributed by atoms with E-state index in [1.54, 1.807) is 13.2 Å². The number of nitrogens with one attached hydrogen (secondary N) is 2. The number of ether oxygens (including phenoxy) is 1. The van der Waals surface area contributed by atoms with Crippen molar-refractivity contribution in [3.63, 3.8) is 0 Å². The standard InChI is InChI=1S/C20H17F2N3O2/c1-27-19-5-3-2-4-13(19)12-24-20(26)18-11-15(8-9-23-18)25-14-6-7-16(21)17(22)10-14/h2-11H,12H2,1H3,(H,23,25)(H,24,26). The average Bonchev–Trinajstić information content (AvgIpc) is 2.69. The molecule has 0 saturated heterocycles. The maximum absolute atomic E-state index is 13.3. The van der Waals surface area contributed by atoms with Crippen molar-refractivity contribution in [2.24, 2.45) is 0 Å². The number of nitrogens with zero attached hydrogens (tertiary/aromatic N) is 1. The summed E-state index contributed by atoms with van der Waals surface area (Å²) in [6.07, 6.45) is 1.46. The lowest BCUT2D eigenvalue weighted by Gasteiger charge is -2.10. The average molecular weight is 369 g/mol. The number of para-hydroxylation sites is 1. The summed E-state index contributed by atoms with van der Waals surface area (Å²) in [4.78, 5) is 16.4. The van der Waals surface area contributed by atoms with Crippen LogP contribution in [0.4, 0.5) is 20.2 Å². The topological polar surface area (TPSA) is 63.2 Å². The van der Waals surface area contributed by atoms with Gasteiger partial charge in [0.2, 0.25) is 0 Å². The van der Waals surface area contributed by atoms with Gasteiger partial charge in [-0.25, -0.2) is 8.78 Å². The van der Waals surface area contributed by atoms with Gasteiger partial charge in [-0.2, -0.15) is 0 Å². The molecule has 0 fully saturated rings. The van der Waals surface area contributed by atoms with Crippen LogP contribution in [-0.4, -0.2) is 18.0 Å². The molecule has 0 spiro atoms. The molecule has 0 bridgehead atoms. The number of hydrogen-bond acceptors (Lipinski definition) is 4. The van der Waals surface area contributed by atoms with Crippen molar-refractivity contribution in [2.45, 2.75) is 6.54 Å². The van der Waals surface area contributed by atoms with Crippen molar-refractivity contribution >= 4 is 17.3 Å². The maximum Gasteiger partial charge on any atom is 0.270 e. The lowest BCUT2D eigenvalue weighted by Crippen LogP contribution is -2.24. The molecule has 0 radical (unpaired) electrons. The van der Waals surface area contributed by atoms with Crippen LogP contribution in [0.25, 0.3) is 0 Å². The number of rotatable bonds is 6. The Balaban J connectivity index is 1.69. The largest absolute Gasteiger partial charge is 0.496 e. The molecule has 0 unspecified atom stereocenters. The number of carbonyl (C=O) groups is 1. The van der Waals surface area contributed by atoms with E-state index in [0.717, 1.165) is 17.7 Å². The van der Waals surface area contributed by atoms with Crippen LogP contribution in [0.2, 0.25) is 0 Å². The van der Waals surface area contributed by atoms with E-state index in [4.69, 9.17) is 4.74 Å². The smallest absolute Gasteiger partial charge is 0.270 e. The van der Waals surface area contributed by atoms with Gasteiger partial charge in [0.25, 0.3) is 5.91 Å². The van der Waals surface area contributed by atoms with E-state index in [0.29, 0.717) is 17.1 Å². The third-order valence-electron chi connectivity index (χ3n) is 3.83. The number of amides is 1. The van der Waals surface area contributed by atoms with E-state index in [2.05, 4.69) is 15.6 Å². The summed E-state index contributed by atoms with van der Waals surface area (Å²) in [6.45, 7) is 0.283. The molecule has 0 saturated carbocycles. The molecule has 5 nitrogen and oxygen atoms in total. The van der Waals surface area contributed by atoms with Crippen LogP contribution >= 0.6 is 0 Å². The van der Waals surface area contributed by atoms with Gasteiger partial charge in [0.05, 0.1) is 7.11 Å². The van der Waals surface area contributed by atoms with Gasteiger partial charge in [0, 0.05) is 35.7 Å². The number of pyridine rings is 1. The lowest BCUT2D eigenvalue weighted by molar-refractivity contribution is 0.0945. The molecular weight excluding hydrogens is 352 g/mol. The molecule has 27 heavy (non-hydrogen) atoms. The zero-order valence-corrected chi connectivity index (χ0v) is 14.5. The second-order valence-electron chi connectivity index (χ2n) is 5.68. The van der Waals surface area contributed by atoms with Crippen molar-refractivity contribution in [2.75, 3.05) is 12.4 Å². The van der Waals surface area contributed by atoms with Crippen LogP contribution in [0.3, 0.4) is 0 Å². The number of aromatic nitrogens is 1. The molecule has 3 rings (SSSR count). The zero-order chi connectivity index (χ0) is 19.2. The molecule has 2 aromatic carbocycles. The highest BCUT2D eigenvalue weighted by Gasteiger charge is 2.10. The van der Waals surface area contributed by atoms with E-state index >= 15 is 0 Å². The van der Waals surface area contributed by atoms with E-state index < -0.39 is 11.6 Å². The van der Waals surface area contributed by atoms with Crippen molar-refractivity contribution in [3.8, 4) is 5.75 Å². The SMILES string of the molecule is COc1ccccc1CNC(=O)c1cc(Nc2ccc(F)c(F)c2)ccn1. The van der Waals surface area contributed by atoms with Gasteiger partial charge in [0.15, 0.2) is 11.6 Å². The minimum Gasteiger partial charge on any atom is -0.496 e. The van der Waals surface area contributed by atoms with Crippen LogP contribution in [0, 0.1) is 11.6 Å². The Morgan fingerprint density at radius 2 is 1.81 bits per heavy atom. The Kier molecular flexibility index (Phi) is 5.61. The minimum atomic E-state index is -0.955. The number of anilines is 2. The van der Waals surface area contributed by atoms with E-state index in [9.17, 15) is 13.6 Å². The molecule has 0 aliphatic heterocycles. The van der Waals surface area contributed by atoms with Crippen molar-refractivity contribution < 1.29 is 18.3 Å². The molecule has 0 aliphatic carbocycles. The molecule has 1 amide bonds. The predicted molar refractivity (Wildman–Crippen MR) is 98.0 cm³/mol. The Bertz CT molecular complexity index is 963. The Morgan fingerprint density at radius 1 is 1.04 bits per heavy atom. The summed E-state index contributed by atoms with van der Waals surface area (Å²) in [5.41, 5.74) is 1.92. The molecular formula is C20H17F2N3O2. The van der Waals surface area contributed by atoms with Gasteiger partial charge < -0.3 is 15.4 Å². The summed E-state index contributed by atoms with van der Waals surface area (Å²) in [7, 11) is 1.57. The molecule has 3 aromatic rings. The van der Waals surface area contributed by atoms with Gasteiger partial charge in [-0.15, -0.1) is 0 Å². The van der Waals surface area contributed by atoms with Gasteiger partial charge in [-0.05, 0) is 30.3 Å². The summed E-state index contributed by atoms with van der Waals surface area (Å²) in [5.74, 6) is -1.56. The van der Waals surface area contributed by atoms with Gasteiger partial charge >= 0.3 is 0 Å². The third-order valence-corrected chi connectivity index (χ3v) is 3.83. The number of benzene rings is 2. The van der Waals surface area contributed by atoms with E-state index in [-0.39, 0.29) is 18.1 Å². The Labute approximate surface area is 155 Å². The first-order chi connectivity index (χ1) is 13.1. The predicted octanol–water partition coefficient (Wildman–Crippen LogP) is 4.04. The van der Waals surface area contributed by atoms with Gasteiger partial charge in [-0.1, -0.05) is 18.2 Å². The van der Waals surface area contributed by atoms with Crippen LogP contribution in [0.5, 0.6) is 5.75 Å².